The van der Waals surface area contributed by atoms with Crippen molar-refractivity contribution in [1.82, 2.24) is 4.57 Å². The van der Waals surface area contributed by atoms with E-state index < -0.39 is 0 Å². The van der Waals surface area contributed by atoms with Crippen LogP contribution in [0.5, 0.6) is 0 Å². The Morgan fingerprint density at radius 2 is 1.91 bits per heavy atom. The van der Waals surface area contributed by atoms with E-state index in [1.165, 1.54) is 5.69 Å². The molecule has 1 heterocycles. The molecule has 0 bridgehead atoms. The molecule has 0 spiro atoms. The van der Waals surface area contributed by atoms with Gasteiger partial charge in [0.25, 0.3) is 5.91 Å². The summed E-state index contributed by atoms with van der Waals surface area (Å²) in [5.41, 5.74) is 10.5. The van der Waals surface area contributed by atoms with Crippen molar-refractivity contribution in [3.05, 3.63) is 47.3 Å². The lowest BCUT2D eigenvalue weighted by Crippen LogP contribution is -2.13. The molecule has 0 aliphatic carbocycles. The van der Waals surface area contributed by atoms with E-state index in [1.54, 1.807) is 0 Å². The lowest BCUT2D eigenvalue weighted by molar-refractivity contribution is 0.1000. The van der Waals surface area contributed by atoms with Gasteiger partial charge >= 0.3 is 0 Å². The maximum atomic E-state index is 12.1. The topological polar surface area (TPSA) is 57.2 Å². The van der Waals surface area contributed by atoms with Gasteiger partial charge in [-0.2, -0.15) is 0 Å². The second kappa shape index (κ2) is 7.97. The summed E-state index contributed by atoms with van der Waals surface area (Å²) in [7, 11) is 0. The molecule has 0 aliphatic rings. The number of nitrogens with zero attached hydrogens (tertiary/aromatic N) is 1. The van der Waals surface area contributed by atoms with Crippen LogP contribution in [0.4, 0.5) is 0 Å². The van der Waals surface area contributed by atoms with Crippen molar-refractivity contribution in [3.63, 3.8) is 0 Å². The van der Waals surface area contributed by atoms with E-state index in [0.717, 1.165) is 49.4 Å². The molecule has 1 amide bonds. The number of hydrogen-bond acceptors (Lipinski definition) is 2. The first-order chi connectivity index (χ1) is 11.1. The summed E-state index contributed by atoms with van der Waals surface area (Å²) >= 11 is 0. The predicted octanol–water partition coefficient (Wildman–Crippen LogP) is 3.55. The standard InChI is InChI=1S/C19H26N2O2/c1-4-16-18(15-10-7-6-8-11-15)17(19(20)22)14(3)21(16)12-9-13-23-5-2/h6-8,10-11H,4-5,9,12-13H2,1-3H3,(H2,20,22). The minimum atomic E-state index is -0.361. The van der Waals surface area contributed by atoms with Crippen LogP contribution >= 0.6 is 0 Å². The van der Waals surface area contributed by atoms with Crippen LogP contribution in [0, 0.1) is 6.92 Å². The number of amides is 1. The first kappa shape index (κ1) is 17.3. The second-order valence-electron chi connectivity index (χ2n) is 5.57. The van der Waals surface area contributed by atoms with Crippen LogP contribution in [0.2, 0.25) is 0 Å². The highest BCUT2D eigenvalue weighted by Crippen LogP contribution is 2.33. The van der Waals surface area contributed by atoms with E-state index in [1.807, 2.05) is 44.2 Å². The van der Waals surface area contributed by atoms with Crippen LogP contribution in [-0.4, -0.2) is 23.7 Å². The Morgan fingerprint density at radius 1 is 1.22 bits per heavy atom. The summed E-state index contributed by atoms with van der Waals surface area (Å²) in [6, 6.07) is 10.0. The summed E-state index contributed by atoms with van der Waals surface area (Å²) in [6.07, 6.45) is 1.77. The van der Waals surface area contributed by atoms with Crippen LogP contribution in [0.3, 0.4) is 0 Å². The lowest BCUT2D eigenvalue weighted by atomic mass is 9.99. The highest BCUT2D eigenvalue weighted by Gasteiger charge is 2.23. The van der Waals surface area contributed by atoms with Crippen molar-refractivity contribution in [1.29, 1.82) is 0 Å². The molecule has 2 rings (SSSR count). The summed E-state index contributed by atoms with van der Waals surface area (Å²) < 4.78 is 7.66. The molecule has 2 aromatic rings. The molecule has 0 saturated heterocycles. The molecular weight excluding hydrogens is 288 g/mol. The maximum absolute atomic E-state index is 12.1. The molecule has 1 aromatic heterocycles. The first-order valence-electron chi connectivity index (χ1n) is 8.26. The normalized spacial score (nSPS) is 10.9. The molecule has 1 aromatic carbocycles. The van der Waals surface area contributed by atoms with Crippen molar-refractivity contribution >= 4 is 5.91 Å². The largest absolute Gasteiger partial charge is 0.382 e. The van der Waals surface area contributed by atoms with Crippen LogP contribution < -0.4 is 5.73 Å². The van der Waals surface area contributed by atoms with Crippen molar-refractivity contribution in [2.75, 3.05) is 13.2 Å². The molecule has 4 nitrogen and oxygen atoms in total. The summed E-state index contributed by atoms with van der Waals surface area (Å²) in [6.45, 7) is 8.38. The van der Waals surface area contributed by atoms with Gasteiger partial charge in [0, 0.05) is 36.7 Å². The highest BCUT2D eigenvalue weighted by atomic mass is 16.5. The summed E-state index contributed by atoms with van der Waals surface area (Å²) in [5.74, 6) is -0.361. The zero-order valence-corrected chi connectivity index (χ0v) is 14.3. The molecule has 0 atom stereocenters. The third kappa shape index (κ3) is 3.64. The lowest BCUT2D eigenvalue weighted by Gasteiger charge is -2.12. The molecule has 124 valence electrons. The SMILES string of the molecule is CCOCCCn1c(C)c(C(N)=O)c(-c2ccccc2)c1CC. The van der Waals surface area contributed by atoms with Crippen LogP contribution in [0.15, 0.2) is 30.3 Å². The fourth-order valence-electron chi connectivity index (χ4n) is 3.15. The van der Waals surface area contributed by atoms with Gasteiger partial charge in [0.15, 0.2) is 0 Å². The van der Waals surface area contributed by atoms with Gasteiger partial charge in [-0.15, -0.1) is 0 Å². The number of nitrogens with two attached hydrogens (primary N) is 1. The fourth-order valence-corrected chi connectivity index (χ4v) is 3.15. The maximum Gasteiger partial charge on any atom is 0.251 e. The average molecular weight is 314 g/mol. The number of rotatable bonds is 8. The smallest absolute Gasteiger partial charge is 0.251 e. The number of aromatic nitrogens is 1. The Hall–Kier alpha value is -2.07. The Balaban J connectivity index is 2.49. The van der Waals surface area contributed by atoms with Gasteiger partial charge in [0.05, 0.1) is 5.56 Å². The molecule has 23 heavy (non-hydrogen) atoms. The minimum absolute atomic E-state index is 0.361. The quantitative estimate of drug-likeness (QED) is 0.758. The van der Waals surface area contributed by atoms with Gasteiger partial charge in [-0.05, 0) is 32.3 Å². The van der Waals surface area contributed by atoms with Gasteiger partial charge in [0.2, 0.25) is 0 Å². The molecular formula is C19H26N2O2. The number of carbonyl (C=O) groups excluding carboxylic acids is 1. The van der Waals surface area contributed by atoms with Crippen molar-refractivity contribution in [3.8, 4) is 11.1 Å². The first-order valence-corrected chi connectivity index (χ1v) is 8.26. The zero-order valence-electron chi connectivity index (χ0n) is 14.3. The minimum Gasteiger partial charge on any atom is -0.382 e. The molecule has 0 radical (unpaired) electrons. The monoisotopic (exact) mass is 314 g/mol. The van der Waals surface area contributed by atoms with E-state index in [2.05, 4.69) is 11.5 Å². The van der Waals surface area contributed by atoms with E-state index in [4.69, 9.17) is 10.5 Å². The summed E-state index contributed by atoms with van der Waals surface area (Å²) in [4.78, 5) is 12.1. The fraction of sp³-hybridized carbons (Fsp3) is 0.421. The third-order valence-corrected chi connectivity index (χ3v) is 4.15. The van der Waals surface area contributed by atoms with Gasteiger partial charge in [-0.3, -0.25) is 4.79 Å². The van der Waals surface area contributed by atoms with Crippen LogP contribution in [0.1, 0.15) is 42.0 Å². The predicted molar refractivity (Wildman–Crippen MR) is 93.6 cm³/mol. The van der Waals surface area contributed by atoms with E-state index in [0.29, 0.717) is 5.56 Å². The van der Waals surface area contributed by atoms with Crippen molar-refractivity contribution in [2.24, 2.45) is 5.73 Å². The number of primary amides is 1. The van der Waals surface area contributed by atoms with Gasteiger partial charge in [-0.25, -0.2) is 0 Å². The third-order valence-electron chi connectivity index (χ3n) is 4.15. The molecule has 2 N–H and O–H groups in total. The number of ether oxygens (including phenoxy) is 1. The Kier molecular flexibility index (Phi) is 5.99. The molecule has 4 heteroatoms. The van der Waals surface area contributed by atoms with Crippen molar-refractivity contribution < 1.29 is 9.53 Å². The Morgan fingerprint density at radius 3 is 2.48 bits per heavy atom. The Labute approximate surface area is 138 Å². The number of hydrogen-bond donors (Lipinski definition) is 1. The van der Waals surface area contributed by atoms with E-state index in [9.17, 15) is 4.79 Å². The summed E-state index contributed by atoms with van der Waals surface area (Å²) in [5, 5.41) is 0. The molecule has 0 aliphatic heterocycles. The van der Waals surface area contributed by atoms with Gasteiger partial charge in [0.1, 0.15) is 0 Å². The van der Waals surface area contributed by atoms with Crippen molar-refractivity contribution in [2.45, 2.75) is 40.2 Å². The average Bonchev–Trinajstić information content (AvgIpc) is 2.84. The second-order valence-corrected chi connectivity index (χ2v) is 5.57. The zero-order chi connectivity index (χ0) is 16.8. The van der Waals surface area contributed by atoms with Gasteiger partial charge < -0.3 is 15.0 Å². The highest BCUT2D eigenvalue weighted by molar-refractivity contribution is 6.02. The molecule has 0 unspecified atom stereocenters. The van der Waals surface area contributed by atoms with E-state index >= 15 is 0 Å². The van der Waals surface area contributed by atoms with Gasteiger partial charge in [-0.1, -0.05) is 37.3 Å². The van der Waals surface area contributed by atoms with Crippen LogP contribution in [-0.2, 0) is 17.7 Å². The Bertz CT molecular complexity index is 660. The van der Waals surface area contributed by atoms with E-state index in [-0.39, 0.29) is 5.91 Å². The molecule has 0 fully saturated rings. The number of benzene rings is 1. The molecule has 0 saturated carbocycles. The van der Waals surface area contributed by atoms with Crippen LogP contribution in [0.25, 0.3) is 11.1 Å². The number of carbonyl (C=O) groups is 1.